The molecule has 1 N–H and O–H groups in total. The molecule has 1 aromatic carbocycles. The van der Waals surface area contributed by atoms with E-state index in [9.17, 15) is 4.79 Å². The average molecular weight is 250 g/mol. The van der Waals surface area contributed by atoms with Crippen LogP contribution in [0.15, 0.2) is 41.0 Å². The molecule has 2 aromatic rings. The van der Waals surface area contributed by atoms with E-state index in [1.807, 2.05) is 36.5 Å². The maximum atomic E-state index is 10.5. The molecule has 3 heteroatoms. The first-order valence-electron chi connectivity index (χ1n) is 4.20. The molecule has 0 bridgehead atoms. The van der Waals surface area contributed by atoms with Crippen molar-refractivity contribution in [3.8, 4) is 11.1 Å². The van der Waals surface area contributed by atoms with Gasteiger partial charge in [-0.3, -0.25) is 4.79 Å². The van der Waals surface area contributed by atoms with Crippen molar-refractivity contribution in [2.45, 2.75) is 0 Å². The highest BCUT2D eigenvalue weighted by atomic mass is 79.9. The van der Waals surface area contributed by atoms with Gasteiger partial charge in [-0.05, 0) is 17.7 Å². The number of carbonyl (C=O) groups is 1. The molecule has 1 aromatic heterocycles. The summed E-state index contributed by atoms with van der Waals surface area (Å²) in [7, 11) is 0. The topological polar surface area (TPSA) is 32.9 Å². The summed E-state index contributed by atoms with van der Waals surface area (Å²) in [5.41, 5.74) is 2.69. The highest BCUT2D eigenvalue weighted by Crippen LogP contribution is 2.27. The smallest absolute Gasteiger partial charge is 0.166 e. The van der Waals surface area contributed by atoms with E-state index in [1.54, 1.807) is 0 Å². The first-order valence-corrected chi connectivity index (χ1v) is 4.99. The number of hydrogen-bond donors (Lipinski definition) is 1. The lowest BCUT2D eigenvalue weighted by molar-refractivity contribution is 0.111. The van der Waals surface area contributed by atoms with Crippen LogP contribution in [-0.4, -0.2) is 11.3 Å². The quantitative estimate of drug-likeness (QED) is 0.815. The molecule has 2 rings (SSSR count). The van der Waals surface area contributed by atoms with Gasteiger partial charge in [-0.1, -0.05) is 34.1 Å². The summed E-state index contributed by atoms with van der Waals surface area (Å²) in [6, 6.07) is 9.73. The van der Waals surface area contributed by atoms with Crippen LogP contribution < -0.4 is 0 Å². The van der Waals surface area contributed by atoms with Gasteiger partial charge in [-0.25, -0.2) is 0 Å². The highest BCUT2D eigenvalue weighted by molar-refractivity contribution is 9.10. The van der Waals surface area contributed by atoms with Crippen molar-refractivity contribution in [3.63, 3.8) is 0 Å². The number of carbonyl (C=O) groups excluding carboxylic acids is 1. The van der Waals surface area contributed by atoms with Gasteiger partial charge in [0.1, 0.15) is 0 Å². The van der Waals surface area contributed by atoms with E-state index in [0.717, 1.165) is 21.9 Å². The molecule has 0 aliphatic heterocycles. The van der Waals surface area contributed by atoms with Gasteiger partial charge in [-0.15, -0.1) is 0 Å². The van der Waals surface area contributed by atoms with Crippen LogP contribution in [0.1, 0.15) is 10.5 Å². The molecule has 2 nitrogen and oxygen atoms in total. The molecule has 0 fully saturated rings. The molecule has 0 radical (unpaired) electrons. The maximum absolute atomic E-state index is 10.5. The van der Waals surface area contributed by atoms with Gasteiger partial charge in [0.2, 0.25) is 0 Å². The number of hydrogen-bond acceptors (Lipinski definition) is 1. The zero-order chi connectivity index (χ0) is 9.97. The molecular formula is C11H8BrNO. The second-order valence-corrected chi connectivity index (χ2v) is 3.80. The monoisotopic (exact) mass is 249 g/mol. The molecule has 0 saturated heterocycles. The van der Waals surface area contributed by atoms with Crippen molar-refractivity contribution < 1.29 is 4.79 Å². The van der Waals surface area contributed by atoms with Crippen LogP contribution >= 0.6 is 15.9 Å². The lowest BCUT2D eigenvalue weighted by Crippen LogP contribution is -1.75. The number of H-pyrrole nitrogens is 1. The van der Waals surface area contributed by atoms with Crippen molar-refractivity contribution in [3.05, 3.63) is 46.7 Å². The minimum Gasteiger partial charge on any atom is -0.358 e. The molecular weight excluding hydrogens is 242 g/mol. The summed E-state index contributed by atoms with van der Waals surface area (Å²) >= 11 is 3.46. The maximum Gasteiger partial charge on any atom is 0.166 e. The number of nitrogens with one attached hydrogen (secondary N) is 1. The minimum absolute atomic E-state index is 0.593. The fraction of sp³-hybridized carbons (Fsp3) is 0. The second kappa shape index (κ2) is 3.80. The van der Waals surface area contributed by atoms with Crippen molar-refractivity contribution >= 4 is 22.2 Å². The molecule has 14 heavy (non-hydrogen) atoms. The van der Waals surface area contributed by atoms with E-state index in [-0.39, 0.29) is 0 Å². The molecule has 0 unspecified atom stereocenters. The third kappa shape index (κ3) is 1.63. The molecule has 0 amide bonds. The fourth-order valence-corrected chi connectivity index (χ4v) is 1.84. The second-order valence-electron chi connectivity index (χ2n) is 2.94. The number of rotatable bonds is 2. The summed E-state index contributed by atoms with van der Waals surface area (Å²) in [5, 5.41) is 0. The Balaban J connectivity index is 2.49. The van der Waals surface area contributed by atoms with Gasteiger partial charge in [0.05, 0.1) is 5.69 Å². The number of aromatic nitrogens is 1. The predicted octanol–water partition coefficient (Wildman–Crippen LogP) is 3.26. The SMILES string of the molecule is O=Cc1cc(-c2ccccc2Br)c[nH]1. The van der Waals surface area contributed by atoms with Crippen LogP contribution in [0.4, 0.5) is 0 Å². The summed E-state index contributed by atoms with van der Waals surface area (Å²) in [5.74, 6) is 0. The lowest BCUT2D eigenvalue weighted by atomic mass is 10.1. The zero-order valence-corrected chi connectivity index (χ0v) is 8.91. The van der Waals surface area contributed by atoms with Gasteiger partial charge in [-0.2, -0.15) is 0 Å². The van der Waals surface area contributed by atoms with Crippen LogP contribution in [0.25, 0.3) is 11.1 Å². The van der Waals surface area contributed by atoms with E-state index in [4.69, 9.17) is 0 Å². The van der Waals surface area contributed by atoms with Crippen molar-refractivity contribution in [1.82, 2.24) is 4.98 Å². The van der Waals surface area contributed by atoms with E-state index < -0.39 is 0 Å². The van der Waals surface area contributed by atoms with Gasteiger partial charge in [0.15, 0.2) is 6.29 Å². The van der Waals surface area contributed by atoms with Crippen molar-refractivity contribution in [2.75, 3.05) is 0 Å². The van der Waals surface area contributed by atoms with Crippen molar-refractivity contribution in [2.24, 2.45) is 0 Å². The normalized spacial score (nSPS) is 10.1. The number of halogens is 1. The van der Waals surface area contributed by atoms with Crippen LogP contribution in [0.3, 0.4) is 0 Å². The van der Waals surface area contributed by atoms with E-state index in [2.05, 4.69) is 20.9 Å². The third-order valence-electron chi connectivity index (χ3n) is 2.02. The Hall–Kier alpha value is -1.35. The summed E-state index contributed by atoms with van der Waals surface area (Å²) in [4.78, 5) is 13.4. The Morgan fingerprint density at radius 1 is 1.29 bits per heavy atom. The first-order chi connectivity index (χ1) is 6.81. The molecule has 0 spiro atoms. The highest BCUT2D eigenvalue weighted by Gasteiger charge is 2.03. The predicted molar refractivity (Wildman–Crippen MR) is 59.3 cm³/mol. The van der Waals surface area contributed by atoms with Gasteiger partial charge < -0.3 is 4.98 Å². The van der Waals surface area contributed by atoms with Crippen molar-refractivity contribution in [1.29, 1.82) is 0 Å². The Kier molecular flexibility index (Phi) is 2.50. The fourth-order valence-electron chi connectivity index (χ4n) is 1.33. The Bertz CT molecular complexity index is 462. The minimum atomic E-state index is 0.593. The van der Waals surface area contributed by atoms with Crippen LogP contribution in [-0.2, 0) is 0 Å². The first kappa shape index (κ1) is 9.21. The van der Waals surface area contributed by atoms with Crippen LogP contribution in [0.5, 0.6) is 0 Å². The zero-order valence-electron chi connectivity index (χ0n) is 7.33. The molecule has 70 valence electrons. The van der Waals surface area contributed by atoms with E-state index in [1.165, 1.54) is 0 Å². The van der Waals surface area contributed by atoms with E-state index >= 15 is 0 Å². The lowest BCUT2D eigenvalue weighted by Gasteiger charge is -1.99. The Morgan fingerprint density at radius 2 is 2.07 bits per heavy atom. The van der Waals surface area contributed by atoms with Gasteiger partial charge in [0.25, 0.3) is 0 Å². The Labute approximate surface area is 90.1 Å². The molecule has 0 saturated carbocycles. The number of aromatic amines is 1. The van der Waals surface area contributed by atoms with Crippen LogP contribution in [0.2, 0.25) is 0 Å². The number of aldehydes is 1. The van der Waals surface area contributed by atoms with Crippen LogP contribution in [0, 0.1) is 0 Å². The van der Waals surface area contributed by atoms with Gasteiger partial charge >= 0.3 is 0 Å². The molecule has 1 heterocycles. The standard InChI is InChI=1S/C11H8BrNO/c12-11-4-2-1-3-10(11)8-5-9(7-14)13-6-8/h1-7,13H. The van der Waals surface area contributed by atoms with E-state index in [0.29, 0.717) is 5.69 Å². The third-order valence-corrected chi connectivity index (χ3v) is 2.71. The largest absolute Gasteiger partial charge is 0.358 e. The average Bonchev–Trinajstić information content (AvgIpc) is 2.67. The summed E-state index contributed by atoms with van der Waals surface area (Å²) in [6.45, 7) is 0. The number of benzene rings is 1. The molecule has 0 aliphatic rings. The Morgan fingerprint density at radius 3 is 2.71 bits per heavy atom. The summed E-state index contributed by atoms with van der Waals surface area (Å²) < 4.78 is 1.02. The molecule has 0 atom stereocenters. The molecule has 0 aliphatic carbocycles. The summed E-state index contributed by atoms with van der Waals surface area (Å²) in [6.07, 6.45) is 2.63. The van der Waals surface area contributed by atoms with Gasteiger partial charge in [0, 0.05) is 16.2 Å².